The molecule has 0 radical (unpaired) electrons. The van der Waals surface area contributed by atoms with Gasteiger partial charge in [0, 0.05) is 5.56 Å². The average molecular weight is 423 g/mol. The molecule has 152 valence electrons. The summed E-state index contributed by atoms with van der Waals surface area (Å²) in [6.07, 6.45) is 1.47. The molecule has 0 aliphatic rings. The number of rotatable bonds is 6. The number of methoxy groups -OCH3 is 1. The van der Waals surface area contributed by atoms with Gasteiger partial charge in [-0.15, -0.1) is 0 Å². The molecule has 3 rings (SSSR count). The maximum Gasteiger partial charge on any atom is 0.345 e. The lowest BCUT2D eigenvalue weighted by Gasteiger charge is -2.10. The van der Waals surface area contributed by atoms with Crippen molar-refractivity contribution in [3.63, 3.8) is 0 Å². The molecule has 0 aromatic heterocycles. The Morgan fingerprint density at radius 2 is 1.80 bits per heavy atom. The Labute approximate surface area is 179 Å². The summed E-state index contributed by atoms with van der Waals surface area (Å²) in [6.45, 7) is 1.91. The Kier molecular flexibility index (Phi) is 6.83. The standard InChI is InChI=1S/C23H19ClN2O4/c1-15-6-5-7-17(12-15)22(27)26-25-14-16-10-11-20(21(13-16)29-2)30-23(28)18-8-3-4-9-19(18)24/h3-14H,1-2H3,(H,26,27). The Hall–Kier alpha value is -3.64. The predicted molar refractivity (Wildman–Crippen MR) is 116 cm³/mol. The first-order valence-electron chi connectivity index (χ1n) is 9.03. The van der Waals surface area contributed by atoms with E-state index in [9.17, 15) is 9.59 Å². The molecule has 7 heteroatoms. The Balaban J connectivity index is 1.69. The van der Waals surface area contributed by atoms with Crippen LogP contribution in [0.2, 0.25) is 5.02 Å². The Morgan fingerprint density at radius 1 is 1.00 bits per heavy atom. The maximum absolute atomic E-state index is 12.4. The van der Waals surface area contributed by atoms with Crippen LogP contribution in [0.4, 0.5) is 0 Å². The topological polar surface area (TPSA) is 77.0 Å². The normalized spacial score (nSPS) is 10.6. The molecule has 0 bridgehead atoms. The lowest BCUT2D eigenvalue weighted by atomic mass is 10.1. The number of esters is 1. The SMILES string of the molecule is COc1cc(C=NNC(=O)c2cccc(C)c2)ccc1OC(=O)c1ccccc1Cl. The van der Waals surface area contributed by atoms with E-state index in [0.717, 1.165) is 5.56 Å². The highest BCUT2D eigenvalue weighted by molar-refractivity contribution is 6.33. The number of carbonyl (C=O) groups excluding carboxylic acids is 2. The number of hydrogen-bond donors (Lipinski definition) is 1. The van der Waals surface area contributed by atoms with Gasteiger partial charge < -0.3 is 9.47 Å². The number of amides is 1. The molecule has 0 atom stereocenters. The third-order valence-electron chi connectivity index (χ3n) is 4.14. The summed E-state index contributed by atoms with van der Waals surface area (Å²) in [5.41, 5.74) is 4.88. The summed E-state index contributed by atoms with van der Waals surface area (Å²) in [5, 5.41) is 4.27. The fraction of sp³-hybridized carbons (Fsp3) is 0.0870. The van der Waals surface area contributed by atoms with Crippen LogP contribution in [0.5, 0.6) is 11.5 Å². The number of benzene rings is 3. The van der Waals surface area contributed by atoms with Gasteiger partial charge in [0.25, 0.3) is 5.91 Å². The van der Waals surface area contributed by atoms with E-state index in [4.69, 9.17) is 21.1 Å². The molecule has 0 unspecified atom stereocenters. The van der Waals surface area contributed by atoms with Crippen molar-refractivity contribution in [3.05, 3.63) is 94.0 Å². The average Bonchev–Trinajstić information content (AvgIpc) is 2.74. The number of nitrogens with one attached hydrogen (secondary N) is 1. The molecule has 0 heterocycles. The van der Waals surface area contributed by atoms with E-state index in [1.165, 1.54) is 13.3 Å². The highest BCUT2D eigenvalue weighted by Gasteiger charge is 2.15. The van der Waals surface area contributed by atoms with Crippen LogP contribution in [0.15, 0.2) is 71.8 Å². The van der Waals surface area contributed by atoms with Crippen molar-refractivity contribution >= 4 is 29.7 Å². The number of carbonyl (C=O) groups is 2. The van der Waals surface area contributed by atoms with Gasteiger partial charge in [0.1, 0.15) is 0 Å². The van der Waals surface area contributed by atoms with Gasteiger partial charge in [-0.25, -0.2) is 10.2 Å². The summed E-state index contributed by atoms with van der Waals surface area (Å²) in [4.78, 5) is 24.5. The molecule has 3 aromatic rings. The van der Waals surface area contributed by atoms with Gasteiger partial charge in [0.2, 0.25) is 0 Å². The van der Waals surface area contributed by atoms with Crippen molar-refractivity contribution in [2.75, 3.05) is 7.11 Å². The predicted octanol–water partition coefficient (Wildman–Crippen LogP) is 4.64. The number of ether oxygens (including phenoxy) is 2. The van der Waals surface area contributed by atoms with Crippen LogP contribution in [-0.4, -0.2) is 25.2 Å². The summed E-state index contributed by atoms with van der Waals surface area (Å²) in [7, 11) is 1.46. The Bertz CT molecular complexity index is 1110. The van der Waals surface area contributed by atoms with Crippen LogP contribution in [0.3, 0.4) is 0 Å². The van der Waals surface area contributed by atoms with Crippen molar-refractivity contribution in [1.82, 2.24) is 5.43 Å². The van der Waals surface area contributed by atoms with Crippen LogP contribution in [0.25, 0.3) is 0 Å². The fourth-order valence-corrected chi connectivity index (χ4v) is 2.86. The van der Waals surface area contributed by atoms with Crippen molar-refractivity contribution < 1.29 is 19.1 Å². The monoisotopic (exact) mass is 422 g/mol. The number of hydrazone groups is 1. The quantitative estimate of drug-likeness (QED) is 0.272. The highest BCUT2D eigenvalue weighted by atomic mass is 35.5. The lowest BCUT2D eigenvalue weighted by molar-refractivity contribution is 0.0729. The number of halogens is 1. The van der Waals surface area contributed by atoms with E-state index in [0.29, 0.717) is 21.9 Å². The number of aryl methyl sites for hydroxylation is 1. The summed E-state index contributed by atoms with van der Waals surface area (Å²) < 4.78 is 10.7. The second-order valence-electron chi connectivity index (χ2n) is 6.35. The molecule has 0 saturated carbocycles. The largest absolute Gasteiger partial charge is 0.493 e. The first-order valence-corrected chi connectivity index (χ1v) is 9.40. The summed E-state index contributed by atoms with van der Waals surface area (Å²) in [6, 6.07) is 18.7. The molecular formula is C23H19ClN2O4. The molecule has 30 heavy (non-hydrogen) atoms. The molecular weight excluding hydrogens is 404 g/mol. The molecule has 3 aromatic carbocycles. The van der Waals surface area contributed by atoms with Crippen LogP contribution in [0.1, 0.15) is 31.8 Å². The third kappa shape index (κ3) is 5.24. The zero-order valence-corrected chi connectivity index (χ0v) is 17.1. The summed E-state index contributed by atoms with van der Waals surface area (Å²) >= 11 is 6.04. The molecule has 0 saturated heterocycles. The van der Waals surface area contributed by atoms with Gasteiger partial charge in [-0.1, -0.05) is 41.4 Å². The minimum Gasteiger partial charge on any atom is -0.493 e. The lowest BCUT2D eigenvalue weighted by Crippen LogP contribution is -2.17. The van der Waals surface area contributed by atoms with Gasteiger partial charge in [0.15, 0.2) is 11.5 Å². The van der Waals surface area contributed by atoms with Crippen LogP contribution < -0.4 is 14.9 Å². The van der Waals surface area contributed by atoms with Crippen molar-refractivity contribution in [2.24, 2.45) is 5.10 Å². The van der Waals surface area contributed by atoms with Crippen LogP contribution >= 0.6 is 11.6 Å². The van der Waals surface area contributed by atoms with E-state index < -0.39 is 5.97 Å². The highest BCUT2D eigenvalue weighted by Crippen LogP contribution is 2.29. The second kappa shape index (κ2) is 9.71. The number of hydrogen-bond acceptors (Lipinski definition) is 5. The number of nitrogens with zero attached hydrogens (tertiary/aromatic N) is 1. The Morgan fingerprint density at radius 3 is 2.53 bits per heavy atom. The second-order valence-corrected chi connectivity index (χ2v) is 6.76. The van der Waals surface area contributed by atoms with E-state index in [1.54, 1.807) is 54.6 Å². The minimum atomic E-state index is -0.592. The van der Waals surface area contributed by atoms with E-state index >= 15 is 0 Å². The van der Waals surface area contributed by atoms with Crippen LogP contribution in [-0.2, 0) is 0 Å². The van der Waals surface area contributed by atoms with Crippen LogP contribution in [0, 0.1) is 6.92 Å². The van der Waals surface area contributed by atoms with Gasteiger partial charge in [-0.3, -0.25) is 4.79 Å². The van der Waals surface area contributed by atoms with E-state index in [1.807, 2.05) is 19.1 Å². The van der Waals surface area contributed by atoms with E-state index in [-0.39, 0.29) is 17.2 Å². The van der Waals surface area contributed by atoms with Gasteiger partial charge in [0.05, 0.1) is 23.9 Å². The molecule has 0 fully saturated rings. The molecule has 0 spiro atoms. The van der Waals surface area contributed by atoms with Gasteiger partial charge in [-0.2, -0.15) is 5.10 Å². The van der Waals surface area contributed by atoms with Crippen molar-refractivity contribution in [1.29, 1.82) is 0 Å². The molecule has 0 aliphatic heterocycles. The fourth-order valence-electron chi connectivity index (χ4n) is 2.65. The first-order chi connectivity index (χ1) is 14.5. The van der Waals surface area contributed by atoms with E-state index in [2.05, 4.69) is 10.5 Å². The molecule has 0 aliphatic carbocycles. The maximum atomic E-state index is 12.4. The zero-order valence-electron chi connectivity index (χ0n) is 16.4. The van der Waals surface area contributed by atoms with Gasteiger partial charge in [-0.05, 0) is 55.0 Å². The zero-order chi connectivity index (χ0) is 21.5. The van der Waals surface area contributed by atoms with Gasteiger partial charge >= 0.3 is 5.97 Å². The minimum absolute atomic E-state index is 0.239. The third-order valence-corrected chi connectivity index (χ3v) is 4.47. The molecule has 6 nitrogen and oxygen atoms in total. The molecule has 1 N–H and O–H groups in total. The summed E-state index contributed by atoms with van der Waals surface area (Å²) in [5.74, 6) is -0.328. The van der Waals surface area contributed by atoms with Crippen molar-refractivity contribution in [3.8, 4) is 11.5 Å². The first kappa shape index (κ1) is 21.1. The smallest absolute Gasteiger partial charge is 0.345 e. The molecule has 1 amide bonds. The van der Waals surface area contributed by atoms with Crippen molar-refractivity contribution in [2.45, 2.75) is 6.92 Å².